The van der Waals surface area contributed by atoms with E-state index < -0.39 is 10.8 Å². The molecule has 0 bridgehead atoms. The molecule has 0 saturated carbocycles. The Hall–Kier alpha value is -3.47. The van der Waals surface area contributed by atoms with Gasteiger partial charge in [-0.3, -0.25) is 14.9 Å². The number of nitro benzene ring substituents is 1. The van der Waals surface area contributed by atoms with Crippen molar-refractivity contribution in [3.63, 3.8) is 0 Å². The van der Waals surface area contributed by atoms with E-state index in [1.165, 1.54) is 12.1 Å². The van der Waals surface area contributed by atoms with Gasteiger partial charge in [0.2, 0.25) is 5.91 Å². The molecule has 3 rings (SSSR count). The largest absolute Gasteiger partial charge is 0.325 e. The molecule has 0 unspecified atom stereocenters. The van der Waals surface area contributed by atoms with E-state index in [0.29, 0.717) is 0 Å². The van der Waals surface area contributed by atoms with Crippen molar-refractivity contribution in [2.24, 2.45) is 0 Å². The highest BCUT2D eigenvalue weighted by atomic mass is 16.6. The molecule has 1 atom stereocenters. The van der Waals surface area contributed by atoms with E-state index in [0.717, 1.165) is 22.4 Å². The lowest BCUT2D eigenvalue weighted by atomic mass is 9.99. The zero-order valence-corrected chi connectivity index (χ0v) is 14.3. The van der Waals surface area contributed by atoms with Crippen LogP contribution in [0.5, 0.6) is 0 Å². The lowest BCUT2D eigenvalue weighted by Crippen LogP contribution is -2.19. The Balaban J connectivity index is 1.81. The lowest BCUT2D eigenvalue weighted by Gasteiger charge is -2.15. The second kappa shape index (κ2) is 7.61. The Bertz CT molecular complexity index is 922. The highest BCUT2D eigenvalue weighted by Gasteiger charge is 2.18. The second-order valence-corrected chi connectivity index (χ2v) is 5.97. The van der Waals surface area contributed by atoms with E-state index in [-0.39, 0.29) is 11.6 Å². The first kappa shape index (κ1) is 17.4. The fraction of sp³-hybridized carbons (Fsp3) is 0.0952. The third-order valence-electron chi connectivity index (χ3n) is 4.27. The summed E-state index contributed by atoms with van der Waals surface area (Å²) in [6, 6.07) is 23.5. The number of carbonyl (C=O) groups excluding carboxylic acids is 1. The zero-order chi connectivity index (χ0) is 18.5. The van der Waals surface area contributed by atoms with Gasteiger partial charge in [0.05, 0.1) is 10.8 Å². The molecule has 1 N–H and O–H groups in total. The van der Waals surface area contributed by atoms with Gasteiger partial charge in [-0.15, -0.1) is 0 Å². The molecule has 26 heavy (non-hydrogen) atoms. The number of non-ortho nitro benzene ring substituents is 1. The van der Waals surface area contributed by atoms with Crippen molar-refractivity contribution >= 4 is 17.3 Å². The van der Waals surface area contributed by atoms with Gasteiger partial charge in [-0.2, -0.15) is 0 Å². The number of benzene rings is 3. The lowest BCUT2D eigenvalue weighted by molar-refractivity contribution is -0.384. The Kier molecular flexibility index (Phi) is 5.08. The van der Waals surface area contributed by atoms with Gasteiger partial charge in [0, 0.05) is 23.4 Å². The molecule has 5 heteroatoms. The highest BCUT2D eigenvalue weighted by molar-refractivity contribution is 5.99. The van der Waals surface area contributed by atoms with E-state index in [4.69, 9.17) is 0 Å². The standard InChI is InChI=1S/C21H18N2O3/c1-15(16-11-13-18(14-12-16)23(25)26)21(24)22-20-10-6-5-9-19(20)17-7-3-2-4-8-17/h2-15H,1H3,(H,22,24)/t15-/m1/s1. The van der Waals surface area contributed by atoms with Crippen molar-refractivity contribution in [3.8, 4) is 11.1 Å². The Morgan fingerprint density at radius 1 is 0.923 bits per heavy atom. The minimum atomic E-state index is -0.454. The number of amides is 1. The summed E-state index contributed by atoms with van der Waals surface area (Å²) >= 11 is 0. The predicted octanol–water partition coefficient (Wildman–Crippen LogP) is 5.00. The van der Waals surface area contributed by atoms with Gasteiger partial charge in [-0.1, -0.05) is 60.7 Å². The van der Waals surface area contributed by atoms with Crippen LogP contribution in [0, 0.1) is 10.1 Å². The van der Waals surface area contributed by atoms with Gasteiger partial charge in [-0.25, -0.2) is 0 Å². The van der Waals surface area contributed by atoms with Crippen LogP contribution in [-0.2, 0) is 4.79 Å². The van der Waals surface area contributed by atoms with Crippen molar-refractivity contribution in [2.45, 2.75) is 12.8 Å². The summed E-state index contributed by atoms with van der Waals surface area (Å²) in [7, 11) is 0. The summed E-state index contributed by atoms with van der Waals surface area (Å²) in [6.07, 6.45) is 0. The number of hydrogen-bond donors (Lipinski definition) is 1. The molecule has 0 saturated heterocycles. The number of para-hydroxylation sites is 1. The fourth-order valence-corrected chi connectivity index (χ4v) is 2.74. The van der Waals surface area contributed by atoms with Crippen LogP contribution in [0.2, 0.25) is 0 Å². The third-order valence-corrected chi connectivity index (χ3v) is 4.27. The van der Waals surface area contributed by atoms with Crippen LogP contribution in [-0.4, -0.2) is 10.8 Å². The van der Waals surface area contributed by atoms with Gasteiger partial charge in [0.1, 0.15) is 0 Å². The van der Waals surface area contributed by atoms with Crippen molar-refractivity contribution in [3.05, 3.63) is 94.5 Å². The molecule has 5 nitrogen and oxygen atoms in total. The molecule has 0 radical (unpaired) electrons. The van der Waals surface area contributed by atoms with E-state index in [9.17, 15) is 14.9 Å². The average molecular weight is 346 g/mol. The van der Waals surface area contributed by atoms with E-state index in [1.54, 1.807) is 19.1 Å². The maximum atomic E-state index is 12.7. The normalized spacial score (nSPS) is 11.6. The number of nitrogens with zero attached hydrogens (tertiary/aromatic N) is 1. The quantitative estimate of drug-likeness (QED) is 0.522. The Morgan fingerprint density at radius 2 is 1.54 bits per heavy atom. The van der Waals surface area contributed by atoms with Crippen LogP contribution in [0.4, 0.5) is 11.4 Å². The first-order chi connectivity index (χ1) is 12.6. The van der Waals surface area contributed by atoms with Crippen molar-refractivity contribution in [1.29, 1.82) is 0 Å². The minimum Gasteiger partial charge on any atom is -0.325 e. The van der Waals surface area contributed by atoms with Crippen LogP contribution in [0.15, 0.2) is 78.9 Å². The van der Waals surface area contributed by atoms with Crippen molar-refractivity contribution < 1.29 is 9.72 Å². The molecule has 130 valence electrons. The van der Waals surface area contributed by atoms with Gasteiger partial charge in [-0.05, 0) is 24.1 Å². The maximum Gasteiger partial charge on any atom is 0.269 e. The van der Waals surface area contributed by atoms with Crippen molar-refractivity contribution in [2.75, 3.05) is 5.32 Å². The van der Waals surface area contributed by atoms with Crippen molar-refractivity contribution in [1.82, 2.24) is 0 Å². The molecular formula is C21H18N2O3. The molecule has 0 fully saturated rings. The summed E-state index contributed by atoms with van der Waals surface area (Å²) in [4.78, 5) is 23.0. The molecular weight excluding hydrogens is 328 g/mol. The van der Waals surface area contributed by atoms with E-state index in [2.05, 4.69) is 5.32 Å². The van der Waals surface area contributed by atoms with Crippen LogP contribution in [0.3, 0.4) is 0 Å². The number of hydrogen-bond acceptors (Lipinski definition) is 3. The number of anilines is 1. The third kappa shape index (κ3) is 3.78. The van der Waals surface area contributed by atoms with Crippen LogP contribution >= 0.6 is 0 Å². The summed E-state index contributed by atoms with van der Waals surface area (Å²) in [6.45, 7) is 1.78. The van der Waals surface area contributed by atoms with Gasteiger partial charge < -0.3 is 5.32 Å². The summed E-state index contributed by atoms with van der Waals surface area (Å²) in [5.41, 5.74) is 3.43. The number of carbonyl (C=O) groups is 1. The molecule has 1 amide bonds. The van der Waals surface area contributed by atoms with Crippen LogP contribution in [0.25, 0.3) is 11.1 Å². The summed E-state index contributed by atoms with van der Waals surface area (Å²) in [5.74, 6) is -0.595. The van der Waals surface area contributed by atoms with Gasteiger partial charge >= 0.3 is 0 Å². The summed E-state index contributed by atoms with van der Waals surface area (Å²) < 4.78 is 0. The molecule has 0 aromatic heterocycles. The molecule has 3 aromatic rings. The highest BCUT2D eigenvalue weighted by Crippen LogP contribution is 2.29. The SMILES string of the molecule is C[C@@H](C(=O)Nc1ccccc1-c1ccccc1)c1ccc([N+](=O)[O-])cc1. The molecule has 3 aromatic carbocycles. The number of nitro groups is 1. The monoisotopic (exact) mass is 346 g/mol. The summed E-state index contributed by atoms with van der Waals surface area (Å²) in [5, 5.41) is 13.7. The van der Waals surface area contributed by atoms with Gasteiger partial charge in [0.15, 0.2) is 0 Å². The van der Waals surface area contributed by atoms with E-state index >= 15 is 0 Å². The van der Waals surface area contributed by atoms with Crippen LogP contribution < -0.4 is 5.32 Å². The van der Waals surface area contributed by atoms with E-state index in [1.807, 2.05) is 54.6 Å². The first-order valence-corrected chi connectivity index (χ1v) is 8.26. The zero-order valence-electron chi connectivity index (χ0n) is 14.3. The molecule has 0 aliphatic carbocycles. The fourth-order valence-electron chi connectivity index (χ4n) is 2.74. The topological polar surface area (TPSA) is 72.2 Å². The second-order valence-electron chi connectivity index (χ2n) is 5.97. The number of rotatable bonds is 5. The molecule has 0 heterocycles. The minimum absolute atomic E-state index is 0.00998. The van der Waals surface area contributed by atoms with Gasteiger partial charge in [0.25, 0.3) is 5.69 Å². The maximum absolute atomic E-state index is 12.7. The average Bonchev–Trinajstić information content (AvgIpc) is 2.68. The van der Waals surface area contributed by atoms with Crippen LogP contribution in [0.1, 0.15) is 18.4 Å². The smallest absolute Gasteiger partial charge is 0.269 e. The number of nitrogens with one attached hydrogen (secondary N) is 1. The predicted molar refractivity (Wildman–Crippen MR) is 102 cm³/mol. The molecule has 0 aliphatic rings. The molecule has 0 spiro atoms. The Morgan fingerprint density at radius 3 is 2.19 bits per heavy atom. The Labute approximate surface area is 151 Å². The molecule has 0 aliphatic heterocycles. The first-order valence-electron chi connectivity index (χ1n) is 8.26.